The Kier molecular flexibility index (Phi) is 7.04. The van der Waals surface area contributed by atoms with Gasteiger partial charge in [0, 0.05) is 74.0 Å². The molecule has 3 N–H and O–H groups in total. The Hall–Kier alpha value is -2.94. The van der Waals surface area contributed by atoms with Crippen LogP contribution in [-0.4, -0.2) is 82.8 Å². The standard InChI is InChI=1S/C27H35N5O3/c1-35-26-6-5-19(18-29-26)22-3-2-4-24-23(22)17-25(27(28)34)32(24)20-7-11-30(12-8-20)15-16-31-13-9-21(33)10-14-31/h2-6,17-18,20-21,33H,7-16H2,1H3,(H2,28,34). The lowest BCUT2D eigenvalue weighted by Gasteiger charge is -2.36. The summed E-state index contributed by atoms with van der Waals surface area (Å²) in [4.78, 5) is 21.8. The van der Waals surface area contributed by atoms with E-state index in [0.717, 1.165) is 87.0 Å². The van der Waals surface area contributed by atoms with E-state index in [9.17, 15) is 9.90 Å². The number of piperidine rings is 2. The fraction of sp³-hybridized carbons (Fsp3) is 0.481. The summed E-state index contributed by atoms with van der Waals surface area (Å²) in [5.74, 6) is 0.177. The van der Waals surface area contributed by atoms with E-state index in [1.807, 2.05) is 24.3 Å². The molecule has 8 nitrogen and oxygen atoms in total. The molecule has 2 saturated heterocycles. The Morgan fingerprint density at radius 1 is 1.06 bits per heavy atom. The molecule has 8 heteroatoms. The molecule has 0 spiro atoms. The van der Waals surface area contributed by atoms with Gasteiger partial charge in [0.15, 0.2) is 0 Å². The van der Waals surface area contributed by atoms with E-state index in [1.54, 1.807) is 13.3 Å². The number of nitrogens with zero attached hydrogens (tertiary/aromatic N) is 4. The molecule has 35 heavy (non-hydrogen) atoms. The molecule has 0 aliphatic carbocycles. The minimum absolute atomic E-state index is 0.126. The van der Waals surface area contributed by atoms with Gasteiger partial charge in [0.05, 0.1) is 13.2 Å². The predicted octanol–water partition coefficient (Wildman–Crippen LogP) is 2.90. The lowest BCUT2D eigenvalue weighted by molar-refractivity contribution is 0.0733. The van der Waals surface area contributed by atoms with Gasteiger partial charge in [0.2, 0.25) is 5.88 Å². The first-order valence-corrected chi connectivity index (χ1v) is 12.6. The van der Waals surface area contributed by atoms with Crippen molar-refractivity contribution < 1.29 is 14.6 Å². The zero-order chi connectivity index (χ0) is 24.4. The van der Waals surface area contributed by atoms with Crippen molar-refractivity contribution in [1.29, 1.82) is 0 Å². The summed E-state index contributed by atoms with van der Waals surface area (Å²) in [5, 5.41) is 10.7. The quantitative estimate of drug-likeness (QED) is 0.543. The number of nitrogens with two attached hydrogens (primary N) is 1. The fourth-order valence-electron chi connectivity index (χ4n) is 5.57. The van der Waals surface area contributed by atoms with Crippen LogP contribution in [0.5, 0.6) is 5.88 Å². The minimum Gasteiger partial charge on any atom is -0.481 e. The molecule has 0 radical (unpaired) electrons. The van der Waals surface area contributed by atoms with E-state index in [-0.39, 0.29) is 12.1 Å². The van der Waals surface area contributed by atoms with Gasteiger partial charge in [-0.3, -0.25) is 4.79 Å². The van der Waals surface area contributed by atoms with Crippen LogP contribution >= 0.6 is 0 Å². The smallest absolute Gasteiger partial charge is 0.265 e. The van der Waals surface area contributed by atoms with Gasteiger partial charge in [0.1, 0.15) is 5.69 Å². The molecule has 186 valence electrons. The van der Waals surface area contributed by atoms with E-state index in [1.165, 1.54) is 0 Å². The molecule has 2 fully saturated rings. The second-order valence-electron chi connectivity index (χ2n) is 9.74. The van der Waals surface area contributed by atoms with Gasteiger partial charge in [-0.05, 0) is 49.4 Å². The van der Waals surface area contributed by atoms with E-state index in [0.29, 0.717) is 11.6 Å². The van der Waals surface area contributed by atoms with Crippen LogP contribution < -0.4 is 10.5 Å². The van der Waals surface area contributed by atoms with Gasteiger partial charge in [-0.1, -0.05) is 12.1 Å². The molecule has 0 saturated carbocycles. The molecule has 2 aromatic heterocycles. The van der Waals surface area contributed by atoms with Crippen molar-refractivity contribution in [2.45, 2.75) is 37.8 Å². The predicted molar refractivity (Wildman–Crippen MR) is 137 cm³/mol. The summed E-state index contributed by atoms with van der Waals surface area (Å²) in [6, 6.07) is 12.2. The number of carbonyl (C=O) groups is 1. The zero-order valence-corrected chi connectivity index (χ0v) is 20.4. The van der Waals surface area contributed by atoms with Crippen LogP contribution in [0.25, 0.3) is 22.0 Å². The highest BCUT2D eigenvalue weighted by Crippen LogP contribution is 2.35. The molecule has 4 heterocycles. The normalized spacial score (nSPS) is 18.8. The van der Waals surface area contributed by atoms with Crippen molar-refractivity contribution >= 4 is 16.8 Å². The number of aromatic nitrogens is 2. The topological polar surface area (TPSA) is 96.9 Å². The van der Waals surface area contributed by atoms with Gasteiger partial charge in [-0.2, -0.15) is 0 Å². The first-order valence-electron chi connectivity index (χ1n) is 12.6. The maximum absolute atomic E-state index is 12.5. The molecule has 2 aliphatic heterocycles. The molecule has 0 bridgehead atoms. The van der Waals surface area contributed by atoms with Crippen LogP contribution in [0.3, 0.4) is 0 Å². The second-order valence-corrected chi connectivity index (χ2v) is 9.74. The van der Waals surface area contributed by atoms with Gasteiger partial charge in [-0.15, -0.1) is 0 Å². The van der Waals surface area contributed by atoms with Crippen molar-refractivity contribution in [2.75, 3.05) is 46.4 Å². The fourth-order valence-corrected chi connectivity index (χ4v) is 5.57. The molecule has 0 atom stereocenters. The third-order valence-electron chi connectivity index (χ3n) is 7.60. The first kappa shape index (κ1) is 23.8. The third kappa shape index (κ3) is 5.05. The monoisotopic (exact) mass is 477 g/mol. The van der Waals surface area contributed by atoms with Gasteiger partial charge >= 0.3 is 0 Å². The summed E-state index contributed by atoms with van der Waals surface area (Å²) >= 11 is 0. The number of hydrogen-bond donors (Lipinski definition) is 2. The first-order chi connectivity index (χ1) is 17.0. The number of rotatable bonds is 7. The van der Waals surface area contributed by atoms with Crippen LogP contribution in [0.15, 0.2) is 42.6 Å². The number of benzene rings is 1. The van der Waals surface area contributed by atoms with Gasteiger partial charge in [-0.25, -0.2) is 4.98 Å². The minimum atomic E-state index is -0.394. The number of hydrogen-bond acceptors (Lipinski definition) is 6. The van der Waals surface area contributed by atoms with Gasteiger partial charge in [0.25, 0.3) is 5.91 Å². The zero-order valence-electron chi connectivity index (χ0n) is 20.4. The maximum atomic E-state index is 12.5. The van der Waals surface area contributed by atoms with Crippen molar-refractivity contribution in [2.24, 2.45) is 5.73 Å². The SMILES string of the molecule is COc1ccc(-c2cccc3c2cc(C(N)=O)n3C2CCN(CCN3CCC(O)CC3)CC2)cn1. The molecular weight excluding hydrogens is 442 g/mol. The van der Waals surface area contributed by atoms with E-state index in [4.69, 9.17) is 10.5 Å². The molecular formula is C27H35N5O3. The summed E-state index contributed by atoms with van der Waals surface area (Å²) in [6.07, 6.45) is 5.41. The van der Waals surface area contributed by atoms with Crippen LogP contribution in [-0.2, 0) is 0 Å². The van der Waals surface area contributed by atoms with Crippen LogP contribution in [0, 0.1) is 0 Å². The number of pyridine rings is 1. The number of amides is 1. The average Bonchev–Trinajstić information content (AvgIpc) is 3.29. The van der Waals surface area contributed by atoms with Crippen LogP contribution in [0.2, 0.25) is 0 Å². The number of methoxy groups -OCH3 is 1. The highest BCUT2D eigenvalue weighted by Gasteiger charge is 2.26. The number of aliphatic hydroxyl groups excluding tert-OH is 1. The number of ether oxygens (including phenoxy) is 1. The Morgan fingerprint density at radius 2 is 1.74 bits per heavy atom. The van der Waals surface area contributed by atoms with Crippen LogP contribution in [0.1, 0.15) is 42.2 Å². The number of aliphatic hydroxyl groups is 1. The molecule has 0 unspecified atom stereocenters. The van der Waals surface area contributed by atoms with Crippen molar-refractivity contribution in [3.8, 4) is 17.0 Å². The van der Waals surface area contributed by atoms with Crippen molar-refractivity contribution in [3.63, 3.8) is 0 Å². The molecule has 5 rings (SSSR count). The summed E-state index contributed by atoms with van der Waals surface area (Å²) in [7, 11) is 1.60. The second kappa shape index (κ2) is 10.4. The van der Waals surface area contributed by atoms with E-state index >= 15 is 0 Å². The maximum Gasteiger partial charge on any atom is 0.265 e. The van der Waals surface area contributed by atoms with Gasteiger partial charge < -0.3 is 29.9 Å². The third-order valence-corrected chi connectivity index (χ3v) is 7.60. The van der Waals surface area contributed by atoms with Crippen molar-refractivity contribution in [1.82, 2.24) is 19.4 Å². The number of fused-ring (bicyclic) bond motifs is 1. The Morgan fingerprint density at radius 3 is 2.34 bits per heavy atom. The highest BCUT2D eigenvalue weighted by molar-refractivity contribution is 6.03. The number of primary amides is 1. The lowest BCUT2D eigenvalue weighted by Crippen LogP contribution is -2.43. The summed E-state index contributed by atoms with van der Waals surface area (Å²) in [5.41, 5.74) is 9.47. The highest BCUT2D eigenvalue weighted by atomic mass is 16.5. The molecule has 1 amide bonds. The molecule has 1 aromatic carbocycles. The average molecular weight is 478 g/mol. The van der Waals surface area contributed by atoms with E-state index in [2.05, 4.69) is 31.5 Å². The molecule has 2 aliphatic rings. The largest absolute Gasteiger partial charge is 0.481 e. The Balaban J connectivity index is 1.33. The van der Waals surface area contributed by atoms with Crippen molar-refractivity contribution in [3.05, 3.63) is 48.3 Å². The Bertz CT molecular complexity index is 1160. The summed E-state index contributed by atoms with van der Waals surface area (Å²) in [6.45, 7) is 6.08. The number of likely N-dealkylation sites (tertiary alicyclic amines) is 2. The van der Waals surface area contributed by atoms with E-state index < -0.39 is 5.91 Å². The number of carbonyl (C=O) groups excluding carboxylic acids is 1. The summed E-state index contributed by atoms with van der Waals surface area (Å²) < 4.78 is 7.37. The lowest BCUT2D eigenvalue weighted by atomic mass is 10.0. The Labute approximate surface area is 206 Å². The molecule has 3 aromatic rings. The van der Waals surface area contributed by atoms with Crippen LogP contribution in [0.4, 0.5) is 0 Å².